The van der Waals surface area contributed by atoms with E-state index in [9.17, 15) is 0 Å². The molecule has 4 heteroatoms. The molecular formula is C17H14N2O2. The molecule has 2 aromatic rings. The van der Waals surface area contributed by atoms with Crippen molar-refractivity contribution in [3.8, 4) is 24.2 Å². The summed E-state index contributed by atoms with van der Waals surface area (Å²) in [6, 6.07) is 9.46. The van der Waals surface area contributed by atoms with Crippen molar-refractivity contribution in [2.45, 2.75) is 13.8 Å². The van der Waals surface area contributed by atoms with E-state index >= 15 is 0 Å². The molecule has 0 aliphatic heterocycles. The number of rotatable bonds is 4. The predicted molar refractivity (Wildman–Crippen MR) is 80.9 cm³/mol. The zero-order chi connectivity index (χ0) is 15.2. The molecule has 0 radical (unpaired) electrons. The third-order valence-corrected chi connectivity index (χ3v) is 2.99. The van der Waals surface area contributed by atoms with Gasteiger partial charge in [-0.15, -0.1) is 6.42 Å². The van der Waals surface area contributed by atoms with Gasteiger partial charge in [-0.25, -0.2) is 4.99 Å². The molecule has 104 valence electrons. The van der Waals surface area contributed by atoms with Crippen LogP contribution in [0.3, 0.4) is 0 Å². The number of hydrogen-bond acceptors (Lipinski definition) is 4. The number of furan rings is 1. The minimum atomic E-state index is 0.218. The third-order valence-electron chi connectivity index (χ3n) is 2.99. The number of terminal acetylenes is 1. The van der Waals surface area contributed by atoms with Gasteiger partial charge in [0, 0.05) is 11.8 Å². The molecule has 1 aromatic carbocycles. The SMILES string of the molecule is C#CCOc1cccc(C=Nc2oc(C)c(C)c2C#N)c1. The van der Waals surface area contributed by atoms with Crippen molar-refractivity contribution < 1.29 is 9.15 Å². The van der Waals surface area contributed by atoms with E-state index in [1.54, 1.807) is 6.21 Å². The number of benzene rings is 1. The third kappa shape index (κ3) is 3.32. The quantitative estimate of drug-likeness (QED) is 0.635. The van der Waals surface area contributed by atoms with Crippen molar-refractivity contribution in [1.82, 2.24) is 0 Å². The van der Waals surface area contributed by atoms with Crippen LogP contribution in [-0.2, 0) is 0 Å². The van der Waals surface area contributed by atoms with Crippen LogP contribution in [0.4, 0.5) is 5.88 Å². The van der Waals surface area contributed by atoms with Crippen LogP contribution in [0.1, 0.15) is 22.5 Å². The molecule has 2 rings (SSSR count). The number of ether oxygens (including phenoxy) is 1. The zero-order valence-corrected chi connectivity index (χ0v) is 11.9. The van der Waals surface area contributed by atoms with Crippen molar-refractivity contribution in [1.29, 1.82) is 5.26 Å². The van der Waals surface area contributed by atoms with Crippen LogP contribution in [0, 0.1) is 37.5 Å². The lowest BCUT2D eigenvalue weighted by Gasteiger charge is -2.02. The maximum absolute atomic E-state index is 9.13. The van der Waals surface area contributed by atoms with E-state index in [0.29, 0.717) is 23.0 Å². The molecule has 1 heterocycles. The van der Waals surface area contributed by atoms with Gasteiger partial charge in [-0.2, -0.15) is 5.26 Å². The second-order valence-electron chi connectivity index (χ2n) is 4.40. The maximum Gasteiger partial charge on any atom is 0.237 e. The first kappa shape index (κ1) is 14.4. The maximum atomic E-state index is 9.13. The smallest absolute Gasteiger partial charge is 0.237 e. The van der Waals surface area contributed by atoms with Gasteiger partial charge in [-0.3, -0.25) is 0 Å². The molecule has 0 amide bonds. The molecule has 0 saturated carbocycles. The number of nitrogens with zero attached hydrogens (tertiary/aromatic N) is 2. The normalized spacial score (nSPS) is 10.3. The molecule has 0 bridgehead atoms. The van der Waals surface area contributed by atoms with Crippen molar-refractivity contribution >= 4 is 12.1 Å². The van der Waals surface area contributed by atoms with Crippen LogP contribution in [0.5, 0.6) is 5.75 Å². The van der Waals surface area contributed by atoms with Crippen LogP contribution in [0.2, 0.25) is 0 Å². The van der Waals surface area contributed by atoms with E-state index in [1.807, 2.05) is 38.1 Å². The average Bonchev–Trinajstić information content (AvgIpc) is 2.78. The summed E-state index contributed by atoms with van der Waals surface area (Å²) in [4.78, 5) is 4.24. The second kappa shape index (κ2) is 6.45. The highest BCUT2D eigenvalue weighted by molar-refractivity contribution is 5.82. The van der Waals surface area contributed by atoms with Gasteiger partial charge in [-0.05, 0) is 31.5 Å². The van der Waals surface area contributed by atoms with Gasteiger partial charge < -0.3 is 9.15 Å². The average molecular weight is 278 g/mol. The molecule has 0 N–H and O–H groups in total. The lowest BCUT2D eigenvalue weighted by molar-refractivity contribution is 0.370. The van der Waals surface area contributed by atoms with Gasteiger partial charge >= 0.3 is 0 Å². The summed E-state index contributed by atoms with van der Waals surface area (Å²) in [5.74, 6) is 4.10. The summed E-state index contributed by atoms with van der Waals surface area (Å²) >= 11 is 0. The fourth-order valence-corrected chi connectivity index (χ4v) is 1.77. The highest BCUT2D eigenvalue weighted by Gasteiger charge is 2.12. The monoisotopic (exact) mass is 278 g/mol. The minimum Gasteiger partial charge on any atom is -0.481 e. The van der Waals surface area contributed by atoms with Gasteiger partial charge in [-0.1, -0.05) is 18.1 Å². The molecule has 0 fully saturated rings. The first-order chi connectivity index (χ1) is 10.2. The molecule has 0 aliphatic carbocycles. The molecule has 0 saturated heterocycles. The van der Waals surface area contributed by atoms with Gasteiger partial charge in [0.1, 0.15) is 29.7 Å². The summed E-state index contributed by atoms with van der Waals surface area (Å²) < 4.78 is 10.8. The Hall–Kier alpha value is -2.98. The Kier molecular flexibility index (Phi) is 4.43. The van der Waals surface area contributed by atoms with Gasteiger partial charge in [0.05, 0.1) is 0 Å². The van der Waals surface area contributed by atoms with Gasteiger partial charge in [0.2, 0.25) is 5.88 Å². The highest BCUT2D eigenvalue weighted by atomic mass is 16.5. The van der Waals surface area contributed by atoms with Crippen molar-refractivity contribution in [3.63, 3.8) is 0 Å². The Bertz CT molecular complexity index is 758. The fourth-order valence-electron chi connectivity index (χ4n) is 1.77. The van der Waals surface area contributed by atoms with E-state index < -0.39 is 0 Å². The van der Waals surface area contributed by atoms with Crippen LogP contribution in [-0.4, -0.2) is 12.8 Å². The van der Waals surface area contributed by atoms with E-state index in [1.165, 1.54) is 0 Å². The first-order valence-electron chi connectivity index (χ1n) is 6.36. The fraction of sp³-hybridized carbons (Fsp3) is 0.176. The second-order valence-corrected chi connectivity index (χ2v) is 4.40. The first-order valence-corrected chi connectivity index (χ1v) is 6.36. The zero-order valence-electron chi connectivity index (χ0n) is 11.9. The molecule has 4 nitrogen and oxygen atoms in total. The number of aliphatic imine (C=N–C) groups is 1. The van der Waals surface area contributed by atoms with Gasteiger partial charge in [0.25, 0.3) is 0 Å². The number of hydrogen-bond donors (Lipinski definition) is 0. The Labute approximate surface area is 123 Å². The van der Waals surface area contributed by atoms with E-state index in [4.69, 9.17) is 20.8 Å². The molecule has 1 aromatic heterocycles. The van der Waals surface area contributed by atoms with Crippen LogP contribution in [0.25, 0.3) is 0 Å². The number of aryl methyl sites for hydroxylation is 1. The molecule has 0 aliphatic rings. The predicted octanol–water partition coefficient (Wildman–Crippen LogP) is 3.53. The molecular weight excluding hydrogens is 264 g/mol. The van der Waals surface area contributed by atoms with E-state index in [2.05, 4.69) is 17.0 Å². The Morgan fingerprint density at radius 2 is 2.24 bits per heavy atom. The topological polar surface area (TPSA) is 58.5 Å². The highest BCUT2D eigenvalue weighted by Crippen LogP contribution is 2.27. The Morgan fingerprint density at radius 1 is 1.43 bits per heavy atom. The lowest BCUT2D eigenvalue weighted by Crippen LogP contribution is -1.93. The van der Waals surface area contributed by atoms with Crippen molar-refractivity contribution in [2.75, 3.05) is 6.61 Å². The largest absolute Gasteiger partial charge is 0.481 e. The Morgan fingerprint density at radius 3 is 2.95 bits per heavy atom. The van der Waals surface area contributed by atoms with E-state index in [-0.39, 0.29) is 6.61 Å². The number of nitriles is 1. The summed E-state index contributed by atoms with van der Waals surface area (Å²) in [7, 11) is 0. The lowest BCUT2D eigenvalue weighted by atomic mass is 10.2. The summed E-state index contributed by atoms with van der Waals surface area (Å²) in [5.41, 5.74) is 2.11. The summed E-state index contributed by atoms with van der Waals surface area (Å²) in [6.45, 7) is 3.86. The van der Waals surface area contributed by atoms with Crippen LogP contribution < -0.4 is 4.74 Å². The molecule has 0 unspecified atom stereocenters. The van der Waals surface area contributed by atoms with Crippen LogP contribution in [0.15, 0.2) is 33.7 Å². The summed E-state index contributed by atoms with van der Waals surface area (Å²) in [6.07, 6.45) is 6.78. The molecule has 21 heavy (non-hydrogen) atoms. The standard InChI is InChI=1S/C17H14N2O2/c1-4-8-20-15-7-5-6-14(9-15)11-19-17-16(10-18)12(2)13(3)21-17/h1,5-7,9,11H,8H2,2-3H3. The van der Waals surface area contributed by atoms with Gasteiger partial charge in [0.15, 0.2) is 0 Å². The molecule has 0 atom stereocenters. The minimum absolute atomic E-state index is 0.218. The summed E-state index contributed by atoms with van der Waals surface area (Å²) in [5, 5.41) is 9.13. The molecule has 0 spiro atoms. The Balaban J connectivity index is 2.24. The van der Waals surface area contributed by atoms with E-state index in [0.717, 1.165) is 11.1 Å². The van der Waals surface area contributed by atoms with Crippen LogP contribution >= 0.6 is 0 Å². The van der Waals surface area contributed by atoms with Crippen molar-refractivity contribution in [2.24, 2.45) is 4.99 Å². The van der Waals surface area contributed by atoms with Crippen molar-refractivity contribution in [3.05, 3.63) is 46.7 Å².